The van der Waals surface area contributed by atoms with E-state index < -0.39 is 0 Å². The lowest BCUT2D eigenvalue weighted by atomic mass is 10.3. The fourth-order valence-corrected chi connectivity index (χ4v) is 2.08. The second-order valence-corrected chi connectivity index (χ2v) is 5.47. The highest BCUT2D eigenvalue weighted by Gasteiger charge is 2.33. The van der Waals surface area contributed by atoms with Crippen molar-refractivity contribution < 1.29 is 9.47 Å². The van der Waals surface area contributed by atoms with Gasteiger partial charge < -0.3 is 20.1 Å². The zero-order valence-electron chi connectivity index (χ0n) is 14.0. The first kappa shape index (κ1) is 20.0. The number of methoxy groups -OCH3 is 1. The van der Waals surface area contributed by atoms with Gasteiger partial charge in [-0.05, 0) is 25.3 Å². The SMILES string of the molecule is CCNC(=NCc1cccnc1OCCOC)NC1CC1C.I. The standard InChI is InChI=1S/C16H26N4O2.HI/c1-4-17-16(20-14-10-12(14)2)19-11-13-6-5-7-18-15(13)22-9-8-21-3;/h5-7,12,14H,4,8-11H2,1-3H3,(H2,17,19,20);1H. The summed E-state index contributed by atoms with van der Waals surface area (Å²) in [7, 11) is 1.65. The van der Waals surface area contributed by atoms with Crippen LogP contribution in [0.1, 0.15) is 25.8 Å². The minimum absolute atomic E-state index is 0. The third kappa shape index (κ3) is 6.90. The van der Waals surface area contributed by atoms with E-state index in [2.05, 4.69) is 34.5 Å². The van der Waals surface area contributed by atoms with Gasteiger partial charge in [-0.2, -0.15) is 0 Å². The van der Waals surface area contributed by atoms with E-state index in [0.717, 1.165) is 24.0 Å². The maximum absolute atomic E-state index is 5.63. The van der Waals surface area contributed by atoms with Gasteiger partial charge in [-0.15, -0.1) is 24.0 Å². The molecule has 0 bridgehead atoms. The van der Waals surface area contributed by atoms with Crippen molar-refractivity contribution in [3.63, 3.8) is 0 Å². The molecule has 2 rings (SSSR count). The number of hydrogen-bond acceptors (Lipinski definition) is 4. The number of aromatic nitrogens is 1. The third-order valence-corrected chi connectivity index (χ3v) is 3.56. The predicted molar refractivity (Wildman–Crippen MR) is 103 cm³/mol. The molecule has 1 aliphatic carbocycles. The molecule has 1 aliphatic rings. The highest BCUT2D eigenvalue weighted by molar-refractivity contribution is 14.0. The van der Waals surface area contributed by atoms with Gasteiger partial charge in [0.15, 0.2) is 5.96 Å². The van der Waals surface area contributed by atoms with E-state index in [0.29, 0.717) is 31.7 Å². The molecule has 7 heteroatoms. The van der Waals surface area contributed by atoms with E-state index in [-0.39, 0.29) is 24.0 Å². The Bertz CT molecular complexity index is 499. The Morgan fingerprint density at radius 1 is 1.43 bits per heavy atom. The summed E-state index contributed by atoms with van der Waals surface area (Å²) in [5.74, 6) is 2.21. The monoisotopic (exact) mass is 434 g/mol. The summed E-state index contributed by atoms with van der Waals surface area (Å²) in [5.41, 5.74) is 0.972. The van der Waals surface area contributed by atoms with Crippen LogP contribution in [0.5, 0.6) is 5.88 Å². The van der Waals surface area contributed by atoms with Gasteiger partial charge in [0.2, 0.25) is 5.88 Å². The number of hydrogen-bond donors (Lipinski definition) is 2. The molecule has 0 amide bonds. The Balaban J connectivity index is 0.00000264. The normalized spacial score (nSPS) is 19.7. The molecule has 2 N–H and O–H groups in total. The Morgan fingerprint density at radius 3 is 2.87 bits per heavy atom. The average molecular weight is 434 g/mol. The van der Waals surface area contributed by atoms with Crippen molar-refractivity contribution in [2.45, 2.75) is 32.9 Å². The summed E-state index contributed by atoms with van der Waals surface area (Å²) >= 11 is 0. The van der Waals surface area contributed by atoms with Crippen molar-refractivity contribution in [3.8, 4) is 5.88 Å². The second-order valence-electron chi connectivity index (χ2n) is 5.47. The van der Waals surface area contributed by atoms with Gasteiger partial charge in [0, 0.05) is 31.5 Å². The van der Waals surface area contributed by atoms with Gasteiger partial charge in [-0.25, -0.2) is 9.98 Å². The number of nitrogens with one attached hydrogen (secondary N) is 2. The molecule has 1 fully saturated rings. The minimum atomic E-state index is 0. The van der Waals surface area contributed by atoms with Gasteiger partial charge in [0.1, 0.15) is 6.61 Å². The molecule has 0 spiro atoms. The van der Waals surface area contributed by atoms with E-state index >= 15 is 0 Å². The number of nitrogens with zero attached hydrogens (tertiary/aromatic N) is 2. The highest BCUT2D eigenvalue weighted by atomic mass is 127. The first-order chi connectivity index (χ1) is 10.7. The van der Waals surface area contributed by atoms with Gasteiger partial charge in [0.05, 0.1) is 13.2 Å². The van der Waals surface area contributed by atoms with Gasteiger partial charge in [0.25, 0.3) is 0 Å². The highest BCUT2D eigenvalue weighted by Crippen LogP contribution is 2.28. The van der Waals surface area contributed by atoms with Crippen LogP contribution in [0.3, 0.4) is 0 Å². The van der Waals surface area contributed by atoms with Crippen molar-refractivity contribution >= 4 is 29.9 Å². The largest absolute Gasteiger partial charge is 0.475 e. The molecule has 2 atom stereocenters. The Morgan fingerprint density at radius 2 is 2.22 bits per heavy atom. The summed E-state index contributed by atoms with van der Waals surface area (Å²) in [6.45, 7) is 6.72. The van der Waals surface area contributed by atoms with Gasteiger partial charge in [-0.1, -0.05) is 13.0 Å². The first-order valence-electron chi connectivity index (χ1n) is 7.85. The van der Waals surface area contributed by atoms with E-state index in [1.807, 2.05) is 12.1 Å². The van der Waals surface area contributed by atoms with Crippen LogP contribution < -0.4 is 15.4 Å². The van der Waals surface area contributed by atoms with Crippen molar-refractivity contribution in [1.29, 1.82) is 0 Å². The maximum atomic E-state index is 5.63. The fraction of sp³-hybridized carbons (Fsp3) is 0.625. The lowest BCUT2D eigenvalue weighted by Gasteiger charge is -2.12. The van der Waals surface area contributed by atoms with Crippen LogP contribution in [0.2, 0.25) is 0 Å². The van der Waals surface area contributed by atoms with Crippen molar-refractivity contribution in [1.82, 2.24) is 15.6 Å². The number of pyridine rings is 1. The molecule has 0 radical (unpaired) electrons. The Hall–Kier alpha value is -1.09. The lowest BCUT2D eigenvalue weighted by Crippen LogP contribution is -2.39. The zero-order valence-corrected chi connectivity index (χ0v) is 16.4. The summed E-state index contributed by atoms with van der Waals surface area (Å²) < 4.78 is 10.6. The second kappa shape index (κ2) is 10.6. The fourth-order valence-electron chi connectivity index (χ4n) is 2.08. The number of halogens is 1. The number of aliphatic imine (C=N–C) groups is 1. The lowest BCUT2D eigenvalue weighted by molar-refractivity contribution is 0.143. The van der Waals surface area contributed by atoms with Gasteiger partial charge in [-0.3, -0.25) is 0 Å². The van der Waals surface area contributed by atoms with E-state index in [4.69, 9.17) is 9.47 Å². The van der Waals surface area contributed by atoms with Crippen LogP contribution in [-0.4, -0.2) is 43.9 Å². The van der Waals surface area contributed by atoms with Crippen LogP contribution >= 0.6 is 24.0 Å². The molecular formula is C16H27IN4O2. The topological polar surface area (TPSA) is 67.8 Å². The van der Waals surface area contributed by atoms with Crippen LogP contribution in [0, 0.1) is 5.92 Å². The van der Waals surface area contributed by atoms with E-state index in [1.165, 1.54) is 6.42 Å². The molecule has 1 aromatic rings. The summed E-state index contributed by atoms with van der Waals surface area (Å²) in [5, 5.41) is 6.72. The smallest absolute Gasteiger partial charge is 0.218 e. The third-order valence-electron chi connectivity index (χ3n) is 3.56. The van der Waals surface area contributed by atoms with Crippen LogP contribution in [0.15, 0.2) is 23.3 Å². The molecule has 0 aromatic carbocycles. The molecular weight excluding hydrogens is 407 g/mol. The van der Waals surface area contributed by atoms with E-state index in [9.17, 15) is 0 Å². The summed E-state index contributed by atoms with van der Waals surface area (Å²) in [6.07, 6.45) is 2.94. The predicted octanol–water partition coefficient (Wildman–Crippen LogP) is 2.19. The van der Waals surface area contributed by atoms with Crippen LogP contribution in [-0.2, 0) is 11.3 Å². The van der Waals surface area contributed by atoms with Crippen molar-refractivity contribution in [2.24, 2.45) is 10.9 Å². The zero-order chi connectivity index (χ0) is 15.8. The number of ether oxygens (including phenoxy) is 2. The maximum Gasteiger partial charge on any atom is 0.218 e. The summed E-state index contributed by atoms with van der Waals surface area (Å²) in [4.78, 5) is 8.90. The first-order valence-corrected chi connectivity index (χ1v) is 7.85. The Kier molecular flexibility index (Phi) is 9.23. The minimum Gasteiger partial charge on any atom is -0.475 e. The van der Waals surface area contributed by atoms with Crippen LogP contribution in [0.25, 0.3) is 0 Å². The van der Waals surface area contributed by atoms with E-state index in [1.54, 1.807) is 13.3 Å². The molecule has 1 saturated carbocycles. The van der Waals surface area contributed by atoms with Crippen molar-refractivity contribution in [3.05, 3.63) is 23.9 Å². The quantitative estimate of drug-likeness (QED) is 0.284. The number of guanidine groups is 1. The summed E-state index contributed by atoms with van der Waals surface area (Å²) in [6, 6.07) is 4.43. The molecule has 1 aromatic heterocycles. The number of rotatable bonds is 8. The molecule has 1 heterocycles. The average Bonchev–Trinajstić information content (AvgIpc) is 3.21. The molecule has 6 nitrogen and oxygen atoms in total. The molecule has 130 valence electrons. The molecule has 23 heavy (non-hydrogen) atoms. The van der Waals surface area contributed by atoms with Crippen molar-refractivity contribution in [2.75, 3.05) is 26.9 Å². The molecule has 0 saturated heterocycles. The molecule has 2 unspecified atom stereocenters. The van der Waals surface area contributed by atoms with Gasteiger partial charge >= 0.3 is 0 Å². The Labute approximate surface area is 155 Å². The van der Waals surface area contributed by atoms with Crippen LogP contribution in [0.4, 0.5) is 0 Å². The molecule has 0 aliphatic heterocycles.